The van der Waals surface area contributed by atoms with E-state index in [1.54, 1.807) is 24.3 Å². The Balaban J connectivity index is 2.17. The van der Waals surface area contributed by atoms with Gasteiger partial charge in [0.1, 0.15) is 0 Å². The van der Waals surface area contributed by atoms with Crippen LogP contribution in [0.15, 0.2) is 35.1 Å². The summed E-state index contributed by atoms with van der Waals surface area (Å²) in [4.78, 5) is 36.6. The number of aromatic nitrogens is 1. The molecule has 0 atom stereocenters. The Morgan fingerprint density at radius 1 is 1.25 bits per heavy atom. The van der Waals surface area contributed by atoms with Crippen molar-refractivity contribution in [3.05, 3.63) is 46.2 Å². The van der Waals surface area contributed by atoms with Crippen LogP contribution in [0.3, 0.4) is 0 Å². The molecular weight excluding hydrogens is 260 g/mol. The van der Waals surface area contributed by atoms with Gasteiger partial charge in [-0.05, 0) is 12.5 Å². The average molecular weight is 274 g/mol. The molecule has 3 N–H and O–H groups in total. The van der Waals surface area contributed by atoms with Gasteiger partial charge < -0.3 is 15.4 Å². The Bertz CT molecular complexity index is 706. The second kappa shape index (κ2) is 6.01. The van der Waals surface area contributed by atoms with E-state index in [0.717, 1.165) is 0 Å². The maximum atomic E-state index is 12.0. The summed E-state index contributed by atoms with van der Waals surface area (Å²) in [6.45, 7) is 0.256. The zero-order valence-corrected chi connectivity index (χ0v) is 10.7. The molecule has 0 unspecified atom stereocenters. The number of hydrogen-bond donors (Lipinski definition) is 3. The lowest BCUT2D eigenvalue weighted by molar-refractivity contribution is -0.137. The SMILES string of the molecule is O=C(O)CCCNC(=O)c1cc(=O)[nH]c2ccccc12. The molecule has 0 radical (unpaired) electrons. The number of carboxylic acid groups (broad SMARTS) is 1. The fourth-order valence-electron chi connectivity index (χ4n) is 1.93. The third-order valence-electron chi connectivity index (χ3n) is 2.85. The lowest BCUT2D eigenvalue weighted by atomic mass is 10.1. The number of carboxylic acids is 1. The van der Waals surface area contributed by atoms with Crippen LogP contribution in [-0.2, 0) is 4.79 Å². The summed E-state index contributed by atoms with van der Waals surface area (Å²) in [6.07, 6.45) is 0.346. The zero-order valence-electron chi connectivity index (χ0n) is 10.7. The second-order valence-electron chi connectivity index (χ2n) is 4.35. The van der Waals surface area contributed by atoms with Crippen LogP contribution >= 0.6 is 0 Å². The Hall–Kier alpha value is -2.63. The molecule has 0 fully saturated rings. The summed E-state index contributed by atoms with van der Waals surface area (Å²) in [5, 5.41) is 11.8. The number of aliphatic carboxylic acids is 1. The van der Waals surface area contributed by atoms with Gasteiger partial charge in [0.25, 0.3) is 5.91 Å². The van der Waals surface area contributed by atoms with Gasteiger partial charge in [-0.15, -0.1) is 0 Å². The van der Waals surface area contributed by atoms with Gasteiger partial charge in [-0.2, -0.15) is 0 Å². The molecule has 2 aromatic rings. The lowest BCUT2D eigenvalue weighted by Gasteiger charge is -2.07. The van der Waals surface area contributed by atoms with Crippen molar-refractivity contribution >= 4 is 22.8 Å². The number of amides is 1. The zero-order chi connectivity index (χ0) is 14.5. The molecule has 0 aliphatic rings. The van der Waals surface area contributed by atoms with Crippen LogP contribution < -0.4 is 10.9 Å². The minimum Gasteiger partial charge on any atom is -0.481 e. The highest BCUT2D eigenvalue weighted by Gasteiger charge is 2.11. The van der Waals surface area contributed by atoms with Gasteiger partial charge in [-0.3, -0.25) is 14.4 Å². The van der Waals surface area contributed by atoms with E-state index < -0.39 is 5.97 Å². The third-order valence-corrected chi connectivity index (χ3v) is 2.85. The van der Waals surface area contributed by atoms with Gasteiger partial charge in [0, 0.05) is 29.9 Å². The first kappa shape index (κ1) is 13.8. The number of rotatable bonds is 5. The van der Waals surface area contributed by atoms with Crippen molar-refractivity contribution in [2.75, 3.05) is 6.54 Å². The molecule has 1 aromatic heterocycles. The monoisotopic (exact) mass is 274 g/mol. The number of hydrogen-bond acceptors (Lipinski definition) is 3. The van der Waals surface area contributed by atoms with Gasteiger partial charge in [-0.25, -0.2) is 0 Å². The molecule has 0 aliphatic heterocycles. The molecule has 0 saturated carbocycles. The van der Waals surface area contributed by atoms with Crippen molar-refractivity contribution in [3.8, 4) is 0 Å². The maximum Gasteiger partial charge on any atom is 0.303 e. The maximum absolute atomic E-state index is 12.0. The summed E-state index contributed by atoms with van der Waals surface area (Å²) < 4.78 is 0. The number of benzene rings is 1. The van der Waals surface area contributed by atoms with Crippen LogP contribution in [0, 0.1) is 0 Å². The molecule has 1 aromatic carbocycles. The Kier molecular flexibility index (Phi) is 4.14. The number of pyridine rings is 1. The summed E-state index contributed by atoms with van der Waals surface area (Å²) in [6, 6.07) is 8.26. The number of fused-ring (bicyclic) bond motifs is 1. The fourth-order valence-corrected chi connectivity index (χ4v) is 1.93. The topological polar surface area (TPSA) is 99.3 Å². The molecule has 1 heterocycles. The number of para-hydroxylation sites is 1. The quantitative estimate of drug-likeness (QED) is 0.711. The predicted molar refractivity (Wildman–Crippen MR) is 73.8 cm³/mol. The number of H-pyrrole nitrogens is 1. The van der Waals surface area contributed by atoms with Crippen LogP contribution in [0.2, 0.25) is 0 Å². The third kappa shape index (κ3) is 3.23. The molecule has 0 spiro atoms. The molecule has 0 saturated heterocycles. The normalized spacial score (nSPS) is 10.4. The number of carbonyl (C=O) groups excluding carboxylic acids is 1. The van der Waals surface area contributed by atoms with Gasteiger partial charge in [0.15, 0.2) is 0 Å². The average Bonchev–Trinajstić information content (AvgIpc) is 2.42. The van der Waals surface area contributed by atoms with Crippen LogP contribution in [0.25, 0.3) is 10.9 Å². The molecule has 20 heavy (non-hydrogen) atoms. The van der Waals surface area contributed by atoms with E-state index in [2.05, 4.69) is 10.3 Å². The lowest BCUT2D eigenvalue weighted by Crippen LogP contribution is -2.26. The van der Waals surface area contributed by atoms with Gasteiger partial charge in [0.05, 0.1) is 5.56 Å². The second-order valence-corrected chi connectivity index (χ2v) is 4.35. The molecule has 1 amide bonds. The predicted octanol–water partition coefficient (Wildman–Crippen LogP) is 1.12. The molecule has 0 bridgehead atoms. The van der Waals surface area contributed by atoms with Crippen molar-refractivity contribution in [2.24, 2.45) is 0 Å². The first-order valence-electron chi connectivity index (χ1n) is 6.20. The van der Waals surface area contributed by atoms with Crippen molar-refractivity contribution < 1.29 is 14.7 Å². The van der Waals surface area contributed by atoms with Gasteiger partial charge in [-0.1, -0.05) is 18.2 Å². The molecular formula is C14H14N2O4. The van der Waals surface area contributed by atoms with Crippen molar-refractivity contribution in [2.45, 2.75) is 12.8 Å². The van der Waals surface area contributed by atoms with E-state index in [4.69, 9.17) is 5.11 Å². The minimum absolute atomic E-state index is 0.00357. The highest BCUT2D eigenvalue weighted by atomic mass is 16.4. The van der Waals surface area contributed by atoms with Crippen molar-refractivity contribution in [3.63, 3.8) is 0 Å². The number of aromatic amines is 1. The van der Waals surface area contributed by atoms with Crippen LogP contribution in [0.5, 0.6) is 0 Å². The molecule has 6 heteroatoms. The van der Waals surface area contributed by atoms with Crippen LogP contribution in [-0.4, -0.2) is 28.5 Å². The van der Waals surface area contributed by atoms with E-state index in [9.17, 15) is 14.4 Å². The van der Waals surface area contributed by atoms with Crippen molar-refractivity contribution in [1.82, 2.24) is 10.3 Å². The standard InChI is InChI=1S/C14H14N2O4/c17-12-8-10(9-4-1-2-5-11(9)16-12)14(20)15-7-3-6-13(18)19/h1-2,4-5,8H,3,6-7H2,(H,15,20)(H,16,17)(H,18,19). The minimum atomic E-state index is -0.902. The fraction of sp³-hybridized carbons (Fsp3) is 0.214. The molecule has 6 nitrogen and oxygen atoms in total. The van der Waals surface area contributed by atoms with Crippen LogP contribution in [0.4, 0.5) is 0 Å². The molecule has 104 valence electrons. The summed E-state index contributed by atoms with van der Waals surface area (Å²) in [5.41, 5.74) is 0.537. The summed E-state index contributed by atoms with van der Waals surface area (Å²) >= 11 is 0. The van der Waals surface area contributed by atoms with Gasteiger partial charge in [0.2, 0.25) is 5.56 Å². The number of carbonyl (C=O) groups is 2. The summed E-state index contributed by atoms with van der Waals surface area (Å²) in [5.74, 6) is -1.28. The van der Waals surface area contributed by atoms with E-state index in [-0.39, 0.29) is 24.4 Å². The Labute approximate surface area is 114 Å². The van der Waals surface area contributed by atoms with E-state index in [1.165, 1.54) is 6.07 Å². The van der Waals surface area contributed by atoms with Gasteiger partial charge >= 0.3 is 5.97 Å². The summed E-state index contributed by atoms with van der Waals surface area (Å²) in [7, 11) is 0. The van der Waals surface area contributed by atoms with E-state index >= 15 is 0 Å². The first-order valence-corrected chi connectivity index (χ1v) is 6.20. The smallest absolute Gasteiger partial charge is 0.303 e. The Morgan fingerprint density at radius 3 is 2.75 bits per heavy atom. The van der Waals surface area contributed by atoms with Crippen molar-refractivity contribution in [1.29, 1.82) is 0 Å². The molecule has 0 aliphatic carbocycles. The highest BCUT2D eigenvalue weighted by Crippen LogP contribution is 2.14. The van der Waals surface area contributed by atoms with E-state index in [0.29, 0.717) is 22.9 Å². The highest BCUT2D eigenvalue weighted by molar-refractivity contribution is 6.05. The molecule has 2 rings (SSSR count). The number of nitrogens with one attached hydrogen (secondary N) is 2. The Morgan fingerprint density at radius 2 is 2.00 bits per heavy atom. The van der Waals surface area contributed by atoms with Crippen LogP contribution in [0.1, 0.15) is 23.2 Å². The van der Waals surface area contributed by atoms with E-state index in [1.807, 2.05) is 0 Å². The first-order chi connectivity index (χ1) is 9.58. The largest absolute Gasteiger partial charge is 0.481 e.